The molecule has 0 bridgehead atoms. The van der Waals surface area contributed by atoms with Gasteiger partial charge in [-0.3, -0.25) is 9.59 Å². The quantitative estimate of drug-likeness (QED) is 0.813. The molecule has 2 rings (SSSR count). The first-order chi connectivity index (χ1) is 9.13. The summed E-state index contributed by atoms with van der Waals surface area (Å²) in [5.74, 6) is -0.566. The molecular weight excluding hydrogens is 262 g/mol. The van der Waals surface area contributed by atoms with Crippen molar-refractivity contribution in [2.75, 3.05) is 5.75 Å². The number of amides is 1. The first kappa shape index (κ1) is 14.7. The molecule has 0 aromatic heterocycles. The van der Waals surface area contributed by atoms with E-state index in [9.17, 15) is 9.59 Å². The van der Waals surface area contributed by atoms with Crippen molar-refractivity contribution in [1.82, 2.24) is 5.32 Å². The summed E-state index contributed by atoms with van der Waals surface area (Å²) in [4.78, 5) is 23.4. The van der Waals surface area contributed by atoms with Crippen molar-refractivity contribution in [1.29, 1.82) is 0 Å². The fraction of sp³-hybridized carbons (Fsp3) is 0.857. The molecule has 0 aliphatic heterocycles. The van der Waals surface area contributed by atoms with Crippen LogP contribution in [0.5, 0.6) is 0 Å². The summed E-state index contributed by atoms with van der Waals surface area (Å²) in [5, 5.41) is 12.8. The van der Waals surface area contributed by atoms with Gasteiger partial charge in [-0.05, 0) is 31.4 Å². The molecule has 0 aromatic carbocycles. The second-order valence-corrected chi connectivity index (χ2v) is 7.04. The maximum absolute atomic E-state index is 12.3. The molecule has 2 aliphatic carbocycles. The zero-order valence-corrected chi connectivity index (χ0v) is 12.2. The molecule has 2 saturated carbocycles. The average molecular weight is 285 g/mol. The molecule has 2 aliphatic rings. The molecule has 0 heterocycles. The molecule has 2 N–H and O–H groups in total. The van der Waals surface area contributed by atoms with Crippen LogP contribution in [0.25, 0.3) is 0 Å². The van der Waals surface area contributed by atoms with Gasteiger partial charge in [0.15, 0.2) is 0 Å². The van der Waals surface area contributed by atoms with Gasteiger partial charge in [-0.25, -0.2) is 0 Å². The summed E-state index contributed by atoms with van der Waals surface area (Å²) in [6, 6.07) is 0.243. The fourth-order valence-corrected chi connectivity index (χ4v) is 4.56. The molecule has 0 saturated heterocycles. The van der Waals surface area contributed by atoms with Crippen molar-refractivity contribution >= 4 is 23.6 Å². The van der Waals surface area contributed by atoms with E-state index in [0.29, 0.717) is 11.7 Å². The SMILES string of the molecule is CCSC1CCCC1NC(=O)[C@@H]1CCC[C@@H]1C(=O)O. The number of thioether (sulfide) groups is 1. The Morgan fingerprint density at radius 3 is 2.53 bits per heavy atom. The maximum Gasteiger partial charge on any atom is 0.307 e. The van der Waals surface area contributed by atoms with Gasteiger partial charge in [-0.15, -0.1) is 0 Å². The van der Waals surface area contributed by atoms with Crippen molar-refractivity contribution in [3.8, 4) is 0 Å². The minimum atomic E-state index is -0.816. The van der Waals surface area contributed by atoms with Crippen molar-refractivity contribution in [2.24, 2.45) is 11.8 Å². The summed E-state index contributed by atoms with van der Waals surface area (Å²) < 4.78 is 0. The van der Waals surface area contributed by atoms with E-state index in [1.165, 1.54) is 0 Å². The number of carbonyl (C=O) groups is 2. The van der Waals surface area contributed by atoms with Gasteiger partial charge < -0.3 is 10.4 Å². The lowest BCUT2D eigenvalue weighted by Gasteiger charge is -2.23. The van der Waals surface area contributed by atoms with E-state index in [1.54, 1.807) is 0 Å². The lowest BCUT2D eigenvalue weighted by molar-refractivity contribution is -0.146. The van der Waals surface area contributed by atoms with Crippen LogP contribution in [-0.2, 0) is 9.59 Å². The van der Waals surface area contributed by atoms with E-state index >= 15 is 0 Å². The van der Waals surface area contributed by atoms with Crippen LogP contribution < -0.4 is 5.32 Å². The molecule has 19 heavy (non-hydrogen) atoms. The Hall–Kier alpha value is -0.710. The van der Waals surface area contributed by atoms with Crippen LogP contribution in [0.15, 0.2) is 0 Å². The zero-order valence-electron chi connectivity index (χ0n) is 11.4. The van der Waals surface area contributed by atoms with Crippen LogP contribution in [0.1, 0.15) is 45.4 Å². The number of nitrogens with one attached hydrogen (secondary N) is 1. The number of carboxylic acids is 1. The summed E-state index contributed by atoms with van der Waals surface area (Å²) in [7, 11) is 0. The number of hydrogen-bond acceptors (Lipinski definition) is 3. The summed E-state index contributed by atoms with van der Waals surface area (Å²) in [6.45, 7) is 2.14. The third kappa shape index (κ3) is 3.44. The smallest absolute Gasteiger partial charge is 0.307 e. The molecule has 5 heteroatoms. The minimum absolute atomic E-state index is 0.0292. The first-order valence-electron chi connectivity index (χ1n) is 7.28. The topological polar surface area (TPSA) is 66.4 Å². The molecule has 4 atom stereocenters. The summed E-state index contributed by atoms with van der Waals surface area (Å²) >= 11 is 1.91. The monoisotopic (exact) mass is 285 g/mol. The van der Waals surface area contributed by atoms with Crippen LogP contribution in [0.4, 0.5) is 0 Å². The van der Waals surface area contributed by atoms with E-state index in [-0.39, 0.29) is 17.9 Å². The van der Waals surface area contributed by atoms with Gasteiger partial charge in [-0.2, -0.15) is 11.8 Å². The Morgan fingerprint density at radius 1 is 1.16 bits per heavy atom. The van der Waals surface area contributed by atoms with Crippen LogP contribution in [0.2, 0.25) is 0 Å². The normalized spacial score (nSPS) is 34.4. The average Bonchev–Trinajstić information content (AvgIpc) is 2.98. The number of hydrogen-bond donors (Lipinski definition) is 2. The van der Waals surface area contributed by atoms with Gasteiger partial charge in [0, 0.05) is 11.3 Å². The zero-order chi connectivity index (χ0) is 13.8. The third-order valence-corrected chi connectivity index (χ3v) is 5.66. The largest absolute Gasteiger partial charge is 0.481 e. The molecule has 1 amide bonds. The van der Waals surface area contributed by atoms with Crippen molar-refractivity contribution in [3.63, 3.8) is 0 Å². The van der Waals surface area contributed by atoms with Gasteiger partial charge in [0.25, 0.3) is 0 Å². The van der Waals surface area contributed by atoms with Crippen molar-refractivity contribution in [2.45, 2.75) is 56.7 Å². The Kier molecular flexibility index (Phi) is 5.13. The number of carboxylic acid groups (broad SMARTS) is 1. The van der Waals surface area contributed by atoms with Gasteiger partial charge in [-0.1, -0.05) is 19.8 Å². The number of rotatable bonds is 5. The van der Waals surface area contributed by atoms with E-state index < -0.39 is 11.9 Å². The molecule has 108 valence electrons. The standard InChI is InChI=1S/C14H23NO3S/c1-2-19-12-8-4-7-11(12)15-13(16)9-5-3-6-10(9)14(17)18/h9-12H,2-8H2,1H3,(H,15,16)(H,17,18)/t9-,10+,11?,12?/m1/s1. The second kappa shape index (κ2) is 6.64. The van der Waals surface area contributed by atoms with E-state index in [1.807, 2.05) is 11.8 Å². The molecule has 0 aromatic rings. The van der Waals surface area contributed by atoms with E-state index in [4.69, 9.17) is 5.11 Å². The molecule has 4 nitrogen and oxygen atoms in total. The predicted molar refractivity (Wildman–Crippen MR) is 76.2 cm³/mol. The van der Waals surface area contributed by atoms with Gasteiger partial charge >= 0.3 is 5.97 Å². The van der Waals surface area contributed by atoms with E-state index in [2.05, 4.69) is 12.2 Å². The highest BCUT2D eigenvalue weighted by molar-refractivity contribution is 7.99. The summed E-state index contributed by atoms with van der Waals surface area (Å²) in [6.07, 6.45) is 5.58. The van der Waals surface area contributed by atoms with Gasteiger partial charge in [0.05, 0.1) is 11.8 Å². The van der Waals surface area contributed by atoms with Crippen molar-refractivity contribution in [3.05, 3.63) is 0 Å². The Bertz CT molecular complexity index is 348. The molecule has 2 fully saturated rings. The van der Waals surface area contributed by atoms with Gasteiger partial charge in [0.2, 0.25) is 5.91 Å². The van der Waals surface area contributed by atoms with Crippen LogP contribution >= 0.6 is 11.8 Å². The molecule has 0 radical (unpaired) electrons. The highest BCUT2D eigenvalue weighted by atomic mass is 32.2. The lowest BCUT2D eigenvalue weighted by Crippen LogP contribution is -2.43. The van der Waals surface area contributed by atoms with Crippen LogP contribution in [0, 0.1) is 11.8 Å². The van der Waals surface area contributed by atoms with Crippen LogP contribution in [0.3, 0.4) is 0 Å². The highest BCUT2D eigenvalue weighted by Crippen LogP contribution is 2.34. The fourth-order valence-electron chi connectivity index (χ4n) is 3.36. The number of carbonyl (C=O) groups excluding carboxylic acids is 1. The minimum Gasteiger partial charge on any atom is -0.481 e. The van der Waals surface area contributed by atoms with E-state index in [0.717, 1.165) is 37.9 Å². The molecule has 2 unspecified atom stereocenters. The summed E-state index contributed by atoms with van der Waals surface area (Å²) in [5.41, 5.74) is 0. The number of aliphatic carboxylic acids is 1. The van der Waals surface area contributed by atoms with Crippen LogP contribution in [-0.4, -0.2) is 34.0 Å². The third-order valence-electron chi connectivity index (χ3n) is 4.33. The highest BCUT2D eigenvalue weighted by Gasteiger charge is 2.39. The molecular formula is C14H23NO3S. The Labute approximate surface area is 118 Å². The first-order valence-corrected chi connectivity index (χ1v) is 8.33. The predicted octanol–water partition coefficient (Wildman–Crippen LogP) is 2.28. The Balaban J connectivity index is 1.91. The van der Waals surface area contributed by atoms with Crippen molar-refractivity contribution < 1.29 is 14.7 Å². The lowest BCUT2D eigenvalue weighted by atomic mass is 9.95. The second-order valence-electron chi connectivity index (χ2n) is 5.52. The Morgan fingerprint density at radius 2 is 1.84 bits per heavy atom. The molecule has 0 spiro atoms. The van der Waals surface area contributed by atoms with Gasteiger partial charge in [0.1, 0.15) is 0 Å². The maximum atomic E-state index is 12.3.